The number of nitrogens with zero attached hydrogens (tertiary/aromatic N) is 1. The van der Waals surface area contributed by atoms with E-state index in [0.717, 1.165) is 12.8 Å². The van der Waals surface area contributed by atoms with Crippen LogP contribution in [0.15, 0.2) is 22.7 Å². The Kier molecular flexibility index (Phi) is 3.28. The normalized spacial score (nSPS) is 23.6. The van der Waals surface area contributed by atoms with Crippen LogP contribution in [0.1, 0.15) is 35.5 Å². The Balaban J connectivity index is 1.92. The predicted molar refractivity (Wildman–Crippen MR) is 61.5 cm³/mol. The third-order valence-corrected chi connectivity index (χ3v) is 2.82. The topological polar surface area (TPSA) is 75.4 Å². The van der Waals surface area contributed by atoms with Crippen LogP contribution in [0.25, 0.3) is 0 Å². The molecule has 17 heavy (non-hydrogen) atoms. The van der Waals surface area contributed by atoms with Crippen molar-refractivity contribution in [1.82, 2.24) is 10.5 Å². The number of aliphatic hydroxyl groups is 1. The summed E-state index contributed by atoms with van der Waals surface area (Å²) in [5.74, 6) is 0.265. The molecule has 0 saturated heterocycles. The molecule has 5 nitrogen and oxygen atoms in total. The fraction of sp³-hybridized carbons (Fsp3) is 0.500. The lowest BCUT2D eigenvalue weighted by Gasteiger charge is -2.27. The monoisotopic (exact) mass is 236 g/mol. The molecule has 0 radical (unpaired) electrons. The molecule has 2 rings (SSSR count). The van der Waals surface area contributed by atoms with Gasteiger partial charge in [0, 0.05) is 6.07 Å². The van der Waals surface area contributed by atoms with E-state index in [1.54, 1.807) is 19.1 Å². The maximum Gasteiger partial charge on any atom is 0.273 e. The second kappa shape index (κ2) is 4.71. The van der Waals surface area contributed by atoms with Gasteiger partial charge in [0.05, 0.1) is 12.1 Å². The highest BCUT2D eigenvalue weighted by atomic mass is 16.5. The molecule has 0 bridgehead atoms. The van der Waals surface area contributed by atoms with E-state index >= 15 is 0 Å². The van der Waals surface area contributed by atoms with Gasteiger partial charge in [-0.05, 0) is 26.2 Å². The van der Waals surface area contributed by atoms with E-state index in [-0.39, 0.29) is 18.1 Å². The molecular weight excluding hydrogens is 220 g/mol. The minimum Gasteiger partial charge on any atom is -0.384 e. The van der Waals surface area contributed by atoms with Crippen molar-refractivity contribution >= 4 is 5.91 Å². The van der Waals surface area contributed by atoms with Crippen LogP contribution in [-0.4, -0.2) is 28.3 Å². The van der Waals surface area contributed by atoms with Gasteiger partial charge < -0.3 is 14.9 Å². The lowest BCUT2D eigenvalue weighted by molar-refractivity contribution is 0.0656. The third-order valence-electron chi connectivity index (χ3n) is 2.82. The van der Waals surface area contributed by atoms with Crippen LogP contribution in [0.5, 0.6) is 0 Å². The van der Waals surface area contributed by atoms with E-state index in [1.165, 1.54) is 0 Å². The van der Waals surface area contributed by atoms with Crippen LogP contribution in [-0.2, 0) is 0 Å². The Bertz CT molecular complexity index is 439. The zero-order chi connectivity index (χ0) is 12.3. The molecule has 1 atom stereocenters. The van der Waals surface area contributed by atoms with E-state index in [9.17, 15) is 9.90 Å². The number of aromatic nitrogens is 1. The summed E-state index contributed by atoms with van der Waals surface area (Å²) in [6.07, 6.45) is 6.28. The van der Waals surface area contributed by atoms with Gasteiger partial charge in [-0.3, -0.25) is 4.79 Å². The zero-order valence-corrected chi connectivity index (χ0v) is 9.77. The summed E-state index contributed by atoms with van der Waals surface area (Å²) < 4.78 is 4.82. The molecule has 1 heterocycles. The van der Waals surface area contributed by atoms with E-state index < -0.39 is 5.60 Å². The predicted octanol–water partition coefficient (Wildman–Crippen LogP) is 1.18. The van der Waals surface area contributed by atoms with Gasteiger partial charge in [0.1, 0.15) is 5.76 Å². The molecule has 0 saturated carbocycles. The van der Waals surface area contributed by atoms with Gasteiger partial charge in [0.25, 0.3) is 5.91 Å². The number of carbonyl (C=O) groups is 1. The number of nitrogens with one attached hydrogen (secondary N) is 1. The first-order valence-corrected chi connectivity index (χ1v) is 5.71. The Morgan fingerprint density at radius 2 is 2.53 bits per heavy atom. The summed E-state index contributed by atoms with van der Waals surface area (Å²) in [5, 5.41) is 16.4. The van der Waals surface area contributed by atoms with E-state index in [0.29, 0.717) is 12.2 Å². The fourth-order valence-electron chi connectivity index (χ4n) is 1.86. The van der Waals surface area contributed by atoms with Gasteiger partial charge in [-0.15, -0.1) is 0 Å². The van der Waals surface area contributed by atoms with Crippen molar-refractivity contribution in [3.63, 3.8) is 0 Å². The van der Waals surface area contributed by atoms with Crippen molar-refractivity contribution < 1.29 is 14.4 Å². The number of amides is 1. The first kappa shape index (κ1) is 11.9. The molecule has 1 aliphatic rings. The molecule has 0 unspecified atom stereocenters. The first-order chi connectivity index (χ1) is 8.09. The molecule has 0 spiro atoms. The average molecular weight is 236 g/mol. The Hall–Kier alpha value is -1.62. The van der Waals surface area contributed by atoms with E-state index in [2.05, 4.69) is 10.5 Å². The van der Waals surface area contributed by atoms with Crippen LogP contribution in [0.3, 0.4) is 0 Å². The summed E-state index contributed by atoms with van der Waals surface area (Å²) >= 11 is 0. The van der Waals surface area contributed by atoms with E-state index in [1.807, 2.05) is 6.08 Å². The molecule has 2 N–H and O–H groups in total. The van der Waals surface area contributed by atoms with Gasteiger partial charge in [0.15, 0.2) is 5.69 Å². The molecule has 0 fully saturated rings. The van der Waals surface area contributed by atoms with Crippen molar-refractivity contribution in [3.8, 4) is 0 Å². The Labute approximate surface area is 99.5 Å². The highest BCUT2D eigenvalue weighted by Crippen LogP contribution is 2.21. The minimum atomic E-state index is -0.924. The van der Waals surface area contributed by atoms with Gasteiger partial charge in [0.2, 0.25) is 0 Å². The lowest BCUT2D eigenvalue weighted by Crippen LogP contribution is -2.42. The van der Waals surface area contributed by atoms with Crippen molar-refractivity contribution in [2.45, 2.75) is 31.8 Å². The highest BCUT2D eigenvalue weighted by molar-refractivity contribution is 5.92. The van der Waals surface area contributed by atoms with Crippen molar-refractivity contribution in [2.75, 3.05) is 6.54 Å². The number of carbonyl (C=O) groups excluding carboxylic acids is 1. The van der Waals surface area contributed by atoms with Gasteiger partial charge in [-0.25, -0.2) is 0 Å². The molecular formula is C12H16N2O3. The number of hydrogen-bond acceptors (Lipinski definition) is 4. The van der Waals surface area contributed by atoms with Crippen molar-refractivity contribution in [1.29, 1.82) is 0 Å². The SMILES string of the molecule is Cc1cc(C(=O)NC[C@@]2(O)C=CCCC2)no1. The quantitative estimate of drug-likeness (QED) is 0.773. The van der Waals surface area contributed by atoms with Crippen LogP contribution >= 0.6 is 0 Å². The average Bonchev–Trinajstić information content (AvgIpc) is 2.74. The summed E-state index contributed by atoms with van der Waals surface area (Å²) in [5.41, 5.74) is -0.682. The molecule has 1 aromatic rings. The van der Waals surface area contributed by atoms with Crippen molar-refractivity contribution in [3.05, 3.63) is 29.7 Å². The van der Waals surface area contributed by atoms with Gasteiger partial charge in [-0.1, -0.05) is 17.3 Å². The summed E-state index contributed by atoms with van der Waals surface area (Å²) in [6.45, 7) is 1.93. The number of allylic oxidation sites excluding steroid dienone is 1. The summed E-state index contributed by atoms with van der Waals surface area (Å²) in [7, 11) is 0. The van der Waals surface area contributed by atoms with Crippen LogP contribution in [0.2, 0.25) is 0 Å². The lowest BCUT2D eigenvalue weighted by atomic mass is 9.91. The molecule has 1 aromatic heterocycles. The van der Waals surface area contributed by atoms with Gasteiger partial charge >= 0.3 is 0 Å². The maximum atomic E-state index is 11.7. The maximum absolute atomic E-state index is 11.7. The molecule has 5 heteroatoms. The summed E-state index contributed by atoms with van der Waals surface area (Å²) in [6, 6.07) is 1.57. The first-order valence-electron chi connectivity index (χ1n) is 5.71. The second-order valence-electron chi connectivity index (χ2n) is 4.40. The molecule has 0 aliphatic heterocycles. The molecule has 92 valence electrons. The second-order valence-corrected chi connectivity index (χ2v) is 4.40. The van der Waals surface area contributed by atoms with Crippen molar-refractivity contribution in [2.24, 2.45) is 0 Å². The molecule has 1 aliphatic carbocycles. The molecule has 1 amide bonds. The standard InChI is InChI=1S/C12H16N2O3/c1-9-7-10(14-17-9)11(15)13-8-12(16)5-3-2-4-6-12/h3,5,7,16H,2,4,6,8H2,1H3,(H,13,15)/t12-/m1/s1. The number of hydrogen-bond donors (Lipinski definition) is 2. The largest absolute Gasteiger partial charge is 0.384 e. The van der Waals surface area contributed by atoms with Gasteiger partial charge in [-0.2, -0.15) is 0 Å². The Morgan fingerprint density at radius 3 is 3.12 bits per heavy atom. The van der Waals surface area contributed by atoms with Crippen LogP contribution in [0, 0.1) is 6.92 Å². The fourth-order valence-corrected chi connectivity index (χ4v) is 1.86. The summed E-state index contributed by atoms with van der Waals surface area (Å²) in [4.78, 5) is 11.7. The highest BCUT2D eigenvalue weighted by Gasteiger charge is 2.26. The minimum absolute atomic E-state index is 0.203. The number of aryl methyl sites for hydroxylation is 1. The Morgan fingerprint density at radius 1 is 1.71 bits per heavy atom. The van der Waals surface area contributed by atoms with E-state index in [4.69, 9.17) is 4.52 Å². The van der Waals surface area contributed by atoms with Crippen LogP contribution in [0.4, 0.5) is 0 Å². The third kappa shape index (κ3) is 2.94. The number of rotatable bonds is 3. The zero-order valence-electron chi connectivity index (χ0n) is 9.77. The molecule has 0 aromatic carbocycles. The van der Waals surface area contributed by atoms with Crippen LogP contribution < -0.4 is 5.32 Å². The smallest absolute Gasteiger partial charge is 0.273 e.